The summed E-state index contributed by atoms with van der Waals surface area (Å²) < 4.78 is 24.3. The van der Waals surface area contributed by atoms with Gasteiger partial charge in [0.05, 0.1) is 5.56 Å². The van der Waals surface area contributed by atoms with E-state index in [0.29, 0.717) is 29.3 Å². The summed E-state index contributed by atoms with van der Waals surface area (Å²) >= 11 is 0. The second-order valence-electron chi connectivity index (χ2n) is 8.25. The van der Waals surface area contributed by atoms with Crippen molar-refractivity contribution in [2.45, 2.75) is 39.0 Å². The standard InChI is InChI=1S/C21H25FN4O4Si/c1-31(2,3)11-10-29-14-26-24-20(23-25-26)15-4-9-19(21(27)28)16(12-15)13-30-18-7-5-17(22)6-8-18/h4-9,12H,10-11,13-14H2,1-3H3,(H,27,28). The Morgan fingerprint density at radius 3 is 2.58 bits per heavy atom. The number of hydrogen-bond donors (Lipinski definition) is 1. The van der Waals surface area contributed by atoms with Crippen LogP contribution in [-0.4, -0.2) is 46.0 Å². The third kappa shape index (κ3) is 6.69. The van der Waals surface area contributed by atoms with E-state index in [0.717, 1.165) is 6.04 Å². The smallest absolute Gasteiger partial charge is 0.336 e. The summed E-state index contributed by atoms with van der Waals surface area (Å²) in [4.78, 5) is 12.9. The highest BCUT2D eigenvalue weighted by atomic mass is 28.3. The maximum atomic E-state index is 13.1. The number of aromatic carboxylic acids is 1. The molecule has 0 aliphatic heterocycles. The van der Waals surface area contributed by atoms with Crippen LogP contribution in [0.3, 0.4) is 0 Å². The van der Waals surface area contributed by atoms with Crippen molar-refractivity contribution in [2.75, 3.05) is 6.61 Å². The summed E-state index contributed by atoms with van der Waals surface area (Å²) in [5, 5.41) is 21.8. The largest absolute Gasteiger partial charge is 0.489 e. The van der Waals surface area contributed by atoms with E-state index < -0.39 is 14.0 Å². The second kappa shape index (κ2) is 9.80. The maximum absolute atomic E-state index is 13.1. The van der Waals surface area contributed by atoms with Crippen LogP contribution in [-0.2, 0) is 18.1 Å². The molecule has 8 nitrogen and oxygen atoms in total. The van der Waals surface area contributed by atoms with Crippen molar-refractivity contribution in [2.24, 2.45) is 0 Å². The minimum Gasteiger partial charge on any atom is -0.489 e. The van der Waals surface area contributed by atoms with Gasteiger partial charge in [-0.25, -0.2) is 9.18 Å². The molecule has 164 valence electrons. The maximum Gasteiger partial charge on any atom is 0.336 e. The molecule has 31 heavy (non-hydrogen) atoms. The quantitative estimate of drug-likeness (QED) is 0.372. The summed E-state index contributed by atoms with van der Waals surface area (Å²) in [6.07, 6.45) is 0. The molecular weight excluding hydrogens is 419 g/mol. The number of carbonyl (C=O) groups is 1. The van der Waals surface area contributed by atoms with Crippen molar-refractivity contribution in [3.8, 4) is 17.1 Å². The number of benzene rings is 2. The molecule has 10 heteroatoms. The Morgan fingerprint density at radius 2 is 1.90 bits per heavy atom. The van der Waals surface area contributed by atoms with Gasteiger partial charge in [-0.05, 0) is 47.7 Å². The number of ether oxygens (including phenoxy) is 2. The van der Waals surface area contributed by atoms with E-state index in [9.17, 15) is 14.3 Å². The Hall–Kier alpha value is -3.11. The molecule has 0 saturated heterocycles. The second-order valence-corrected chi connectivity index (χ2v) is 13.9. The Morgan fingerprint density at radius 1 is 1.16 bits per heavy atom. The number of carboxylic acid groups (broad SMARTS) is 1. The van der Waals surface area contributed by atoms with Crippen LogP contribution in [0.15, 0.2) is 42.5 Å². The molecule has 0 fully saturated rings. The van der Waals surface area contributed by atoms with Crippen molar-refractivity contribution >= 4 is 14.0 Å². The predicted octanol–water partition coefficient (Wildman–Crippen LogP) is 4.07. The van der Waals surface area contributed by atoms with Crippen LogP contribution in [0.25, 0.3) is 11.4 Å². The van der Waals surface area contributed by atoms with Gasteiger partial charge in [-0.1, -0.05) is 25.7 Å². The Labute approximate surface area is 180 Å². The number of nitrogens with zero attached hydrogens (tertiary/aromatic N) is 4. The van der Waals surface area contributed by atoms with Crippen LogP contribution in [0, 0.1) is 5.82 Å². The summed E-state index contributed by atoms with van der Waals surface area (Å²) in [7, 11) is -1.17. The molecule has 1 N–H and O–H groups in total. The average molecular weight is 445 g/mol. The van der Waals surface area contributed by atoms with Crippen molar-refractivity contribution < 1.29 is 23.8 Å². The van der Waals surface area contributed by atoms with Gasteiger partial charge in [0.15, 0.2) is 6.73 Å². The Kier molecular flexibility index (Phi) is 7.13. The molecule has 0 radical (unpaired) electrons. The Bertz CT molecular complexity index is 1030. The third-order valence-electron chi connectivity index (χ3n) is 4.46. The minimum absolute atomic E-state index is 0.00491. The van der Waals surface area contributed by atoms with E-state index in [2.05, 4.69) is 35.1 Å². The van der Waals surface area contributed by atoms with Crippen LogP contribution < -0.4 is 4.74 Å². The number of aromatic nitrogens is 4. The summed E-state index contributed by atoms with van der Waals surface area (Å²) in [6.45, 7) is 7.67. The first-order valence-electron chi connectivity index (χ1n) is 9.82. The van der Waals surface area contributed by atoms with Crippen LogP contribution in [0.5, 0.6) is 5.75 Å². The topological polar surface area (TPSA) is 99.4 Å². The van der Waals surface area contributed by atoms with Gasteiger partial charge in [0.25, 0.3) is 0 Å². The number of tetrazole rings is 1. The molecule has 0 atom stereocenters. The average Bonchev–Trinajstić information content (AvgIpc) is 3.19. The normalized spacial score (nSPS) is 11.5. The molecule has 0 saturated carbocycles. The first-order chi connectivity index (χ1) is 14.7. The molecule has 3 rings (SSSR count). The molecule has 0 aliphatic carbocycles. The van der Waals surface area contributed by atoms with Crippen LogP contribution in [0.4, 0.5) is 4.39 Å². The highest BCUT2D eigenvalue weighted by Crippen LogP contribution is 2.22. The lowest BCUT2D eigenvalue weighted by Crippen LogP contribution is -2.22. The first kappa shape index (κ1) is 22.6. The van der Waals surface area contributed by atoms with Gasteiger partial charge in [-0.15, -0.1) is 15.0 Å². The zero-order valence-corrected chi connectivity index (χ0v) is 18.7. The molecule has 2 aromatic carbocycles. The van der Waals surface area contributed by atoms with Gasteiger partial charge in [0.2, 0.25) is 5.82 Å². The summed E-state index contributed by atoms with van der Waals surface area (Å²) in [5.74, 6) is -0.660. The zero-order chi connectivity index (χ0) is 22.4. The molecule has 3 aromatic rings. The Balaban J connectivity index is 1.70. The highest BCUT2D eigenvalue weighted by molar-refractivity contribution is 6.76. The monoisotopic (exact) mass is 444 g/mol. The van der Waals surface area contributed by atoms with Gasteiger partial charge in [0.1, 0.15) is 18.2 Å². The molecule has 0 bridgehead atoms. The number of rotatable bonds is 10. The molecule has 0 unspecified atom stereocenters. The predicted molar refractivity (Wildman–Crippen MR) is 115 cm³/mol. The third-order valence-corrected chi connectivity index (χ3v) is 6.16. The zero-order valence-electron chi connectivity index (χ0n) is 17.7. The van der Waals surface area contributed by atoms with E-state index in [1.807, 2.05) is 0 Å². The molecule has 0 aliphatic rings. The van der Waals surface area contributed by atoms with Gasteiger partial charge in [-0.2, -0.15) is 0 Å². The van der Waals surface area contributed by atoms with E-state index >= 15 is 0 Å². The fourth-order valence-electron chi connectivity index (χ4n) is 2.69. The molecular formula is C21H25FN4O4Si. The van der Waals surface area contributed by atoms with Crippen LogP contribution >= 0.6 is 0 Å². The SMILES string of the molecule is C[Si](C)(C)CCOCn1nnc(-c2ccc(C(=O)O)c(COc3ccc(F)cc3)c2)n1. The molecule has 1 aromatic heterocycles. The molecule has 0 amide bonds. The van der Waals surface area contributed by atoms with Gasteiger partial charge >= 0.3 is 5.97 Å². The first-order valence-corrected chi connectivity index (χ1v) is 13.5. The lowest BCUT2D eigenvalue weighted by atomic mass is 10.0. The van der Waals surface area contributed by atoms with Crippen molar-refractivity contribution in [1.82, 2.24) is 20.2 Å². The molecule has 1 heterocycles. The van der Waals surface area contributed by atoms with Crippen molar-refractivity contribution in [3.63, 3.8) is 0 Å². The molecule has 0 spiro atoms. The summed E-state index contributed by atoms with van der Waals surface area (Å²) in [6, 6.07) is 11.3. The van der Waals surface area contributed by atoms with E-state index in [-0.39, 0.29) is 24.7 Å². The van der Waals surface area contributed by atoms with Gasteiger partial charge in [-0.3, -0.25) is 0 Å². The van der Waals surface area contributed by atoms with E-state index in [1.165, 1.54) is 35.1 Å². The fraction of sp³-hybridized carbons (Fsp3) is 0.333. The summed E-state index contributed by atoms with van der Waals surface area (Å²) in [5.41, 5.74) is 1.15. The van der Waals surface area contributed by atoms with E-state index in [4.69, 9.17) is 9.47 Å². The number of hydrogen-bond acceptors (Lipinski definition) is 6. The lowest BCUT2D eigenvalue weighted by molar-refractivity contribution is 0.0674. The number of carboxylic acids is 1. The van der Waals surface area contributed by atoms with Crippen molar-refractivity contribution in [1.29, 1.82) is 0 Å². The van der Waals surface area contributed by atoms with Gasteiger partial charge < -0.3 is 14.6 Å². The minimum atomic E-state index is -1.17. The van der Waals surface area contributed by atoms with E-state index in [1.54, 1.807) is 12.1 Å². The van der Waals surface area contributed by atoms with Crippen molar-refractivity contribution in [3.05, 3.63) is 59.4 Å². The fourth-order valence-corrected chi connectivity index (χ4v) is 3.45. The number of halogens is 1. The van der Waals surface area contributed by atoms with Gasteiger partial charge in [0, 0.05) is 25.8 Å². The highest BCUT2D eigenvalue weighted by Gasteiger charge is 2.15. The van der Waals surface area contributed by atoms with Crippen LogP contribution in [0.2, 0.25) is 25.7 Å². The lowest BCUT2D eigenvalue weighted by Gasteiger charge is -2.14. The van der Waals surface area contributed by atoms with Crippen LogP contribution in [0.1, 0.15) is 15.9 Å².